The molecule has 0 amide bonds. The molecule has 1 N–H and O–H groups in total. The second-order valence-corrected chi connectivity index (χ2v) is 3.51. The standard InChI is InChI=1S/C12H11F2N3O/c1-18-11-4-5-15-12(17-11)16-7-8-6-9(13)2-3-10(8)14/h2-6H,7H2,1H3,(H,15,16,17). The van der Waals surface area contributed by atoms with Crippen LogP contribution in [0, 0.1) is 11.6 Å². The van der Waals surface area contributed by atoms with Crippen LogP contribution < -0.4 is 10.1 Å². The minimum absolute atomic E-state index is 0.0940. The molecule has 0 atom stereocenters. The van der Waals surface area contributed by atoms with Crippen molar-refractivity contribution >= 4 is 5.95 Å². The number of hydrogen-bond acceptors (Lipinski definition) is 4. The first-order valence-corrected chi connectivity index (χ1v) is 5.24. The Balaban J connectivity index is 2.08. The molecule has 0 saturated heterocycles. The summed E-state index contributed by atoms with van der Waals surface area (Å²) in [6.45, 7) is 0.0940. The van der Waals surface area contributed by atoms with Gasteiger partial charge < -0.3 is 10.1 Å². The van der Waals surface area contributed by atoms with Crippen molar-refractivity contribution in [3.63, 3.8) is 0 Å². The van der Waals surface area contributed by atoms with Crippen LogP contribution in [0.25, 0.3) is 0 Å². The Bertz CT molecular complexity index is 549. The first-order chi connectivity index (χ1) is 8.69. The van der Waals surface area contributed by atoms with Crippen molar-refractivity contribution < 1.29 is 13.5 Å². The van der Waals surface area contributed by atoms with Gasteiger partial charge in [-0.1, -0.05) is 0 Å². The lowest BCUT2D eigenvalue weighted by molar-refractivity contribution is 0.397. The summed E-state index contributed by atoms with van der Waals surface area (Å²) in [6, 6.07) is 4.87. The zero-order valence-electron chi connectivity index (χ0n) is 9.65. The van der Waals surface area contributed by atoms with Gasteiger partial charge in [0.05, 0.1) is 7.11 Å². The van der Waals surface area contributed by atoms with Crippen molar-refractivity contribution in [1.82, 2.24) is 9.97 Å². The van der Waals surface area contributed by atoms with E-state index in [1.165, 1.54) is 13.3 Å². The van der Waals surface area contributed by atoms with Crippen molar-refractivity contribution in [3.05, 3.63) is 47.7 Å². The van der Waals surface area contributed by atoms with Crippen LogP contribution in [0.15, 0.2) is 30.5 Å². The Morgan fingerprint density at radius 2 is 2.11 bits per heavy atom. The van der Waals surface area contributed by atoms with Crippen LogP contribution in [0.5, 0.6) is 5.88 Å². The number of benzene rings is 1. The van der Waals surface area contributed by atoms with Crippen LogP contribution in [-0.2, 0) is 6.54 Å². The highest BCUT2D eigenvalue weighted by Gasteiger charge is 2.05. The summed E-state index contributed by atoms with van der Waals surface area (Å²) in [6.07, 6.45) is 1.51. The summed E-state index contributed by atoms with van der Waals surface area (Å²) in [5, 5.41) is 2.79. The first kappa shape index (κ1) is 12.2. The van der Waals surface area contributed by atoms with Gasteiger partial charge in [-0.05, 0) is 18.2 Å². The van der Waals surface area contributed by atoms with Crippen molar-refractivity contribution in [2.75, 3.05) is 12.4 Å². The maximum atomic E-state index is 13.3. The molecule has 1 heterocycles. The van der Waals surface area contributed by atoms with Gasteiger partial charge in [-0.2, -0.15) is 4.98 Å². The van der Waals surface area contributed by atoms with Crippen LogP contribution in [0.3, 0.4) is 0 Å². The highest BCUT2D eigenvalue weighted by molar-refractivity contribution is 5.30. The quantitative estimate of drug-likeness (QED) is 0.906. The van der Waals surface area contributed by atoms with Gasteiger partial charge in [-0.3, -0.25) is 0 Å². The number of halogens is 2. The van der Waals surface area contributed by atoms with E-state index in [0.29, 0.717) is 5.88 Å². The maximum absolute atomic E-state index is 13.3. The number of ether oxygens (including phenoxy) is 1. The number of hydrogen-bond donors (Lipinski definition) is 1. The summed E-state index contributed by atoms with van der Waals surface area (Å²) >= 11 is 0. The molecule has 94 valence electrons. The molecule has 0 aliphatic rings. The average Bonchev–Trinajstić information content (AvgIpc) is 2.40. The predicted octanol–water partition coefficient (Wildman–Crippen LogP) is 2.38. The average molecular weight is 251 g/mol. The molecule has 0 aliphatic heterocycles. The van der Waals surface area contributed by atoms with Gasteiger partial charge in [0, 0.05) is 24.4 Å². The predicted molar refractivity (Wildman–Crippen MR) is 62.3 cm³/mol. The van der Waals surface area contributed by atoms with Crippen LogP contribution >= 0.6 is 0 Å². The Labute approximate surface area is 103 Å². The van der Waals surface area contributed by atoms with Crippen molar-refractivity contribution in [2.24, 2.45) is 0 Å². The van der Waals surface area contributed by atoms with Crippen LogP contribution in [0.1, 0.15) is 5.56 Å². The topological polar surface area (TPSA) is 47.0 Å². The lowest BCUT2D eigenvalue weighted by Gasteiger charge is -2.06. The van der Waals surface area contributed by atoms with Crippen LogP contribution in [0.4, 0.5) is 14.7 Å². The molecule has 0 radical (unpaired) electrons. The summed E-state index contributed by atoms with van der Waals surface area (Å²) in [7, 11) is 1.48. The Hall–Kier alpha value is -2.24. The van der Waals surface area contributed by atoms with E-state index in [1.54, 1.807) is 6.07 Å². The molecule has 0 aliphatic carbocycles. The van der Waals surface area contributed by atoms with Gasteiger partial charge >= 0.3 is 0 Å². The lowest BCUT2D eigenvalue weighted by atomic mass is 10.2. The minimum Gasteiger partial charge on any atom is -0.481 e. The number of nitrogens with one attached hydrogen (secondary N) is 1. The SMILES string of the molecule is COc1ccnc(NCc2cc(F)ccc2F)n1. The fraction of sp³-hybridized carbons (Fsp3) is 0.167. The smallest absolute Gasteiger partial charge is 0.226 e. The Morgan fingerprint density at radius 3 is 2.89 bits per heavy atom. The molecule has 4 nitrogen and oxygen atoms in total. The molecule has 0 unspecified atom stereocenters. The second-order valence-electron chi connectivity index (χ2n) is 3.51. The lowest BCUT2D eigenvalue weighted by Crippen LogP contribution is -2.06. The van der Waals surface area contributed by atoms with Crippen LogP contribution in [-0.4, -0.2) is 17.1 Å². The summed E-state index contributed by atoms with van der Waals surface area (Å²) in [5.74, 6) is -0.281. The number of methoxy groups -OCH3 is 1. The van der Waals surface area contributed by atoms with E-state index in [-0.39, 0.29) is 18.1 Å². The molecule has 18 heavy (non-hydrogen) atoms. The third-order valence-electron chi connectivity index (χ3n) is 2.28. The fourth-order valence-corrected chi connectivity index (χ4v) is 1.39. The van der Waals surface area contributed by atoms with Crippen molar-refractivity contribution in [3.8, 4) is 5.88 Å². The highest BCUT2D eigenvalue weighted by atomic mass is 19.1. The molecular weight excluding hydrogens is 240 g/mol. The van der Waals surface area contributed by atoms with E-state index in [4.69, 9.17) is 4.74 Å². The van der Waals surface area contributed by atoms with E-state index in [2.05, 4.69) is 15.3 Å². The monoisotopic (exact) mass is 251 g/mol. The third-order valence-corrected chi connectivity index (χ3v) is 2.28. The third kappa shape index (κ3) is 2.91. The van der Waals surface area contributed by atoms with E-state index in [9.17, 15) is 8.78 Å². The molecular formula is C12H11F2N3O. The number of aromatic nitrogens is 2. The summed E-state index contributed by atoms with van der Waals surface area (Å²) < 4.78 is 31.2. The zero-order chi connectivity index (χ0) is 13.0. The van der Waals surface area contributed by atoms with Crippen molar-refractivity contribution in [2.45, 2.75) is 6.54 Å². The van der Waals surface area contributed by atoms with Gasteiger partial charge in [-0.15, -0.1) is 0 Å². The van der Waals surface area contributed by atoms with Gasteiger partial charge in [0.1, 0.15) is 11.6 Å². The number of rotatable bonds is 4. The molecule has 1 aromatic carbocycles. The van der Waals surface area contributed by atoms with Gasteiger partial charge in [0.2, 0.25) is 11.8 Å². The minimum atomic E-state index is -0.486. The summed E-state index contributed by atoms with van der Waals surface area (Å²) in [5.41, 5.74) is 0.210. The molecule has 1 aromatic heterocycles. The highest BCUT2D eigenvalue weighted by Crippen LogP contribution is 2.12. The summed E-state index contributed by atoms with van der Waals surface area (Å²) in [4.78, 5) is 7.93. The zero-order valence-corrected chi connectivity index (χ0v) is 9.65. The molecule has 0 fully saturated rings. The molecule has 0 bridgehead atoms. The normalized spacial score (nSPS) is 10.2. The van der Waals surface area contributed by atoms with Gasteiger partial charge in [-0.25, -0.2) is 13.8 Å². The van der Waals surface area contributed by atoms with E-state index in [0.717, 1.165) is 18.2 Å². The second kappa shape index (κ2) is 5.39. The Morgan fingerprint density at radius 1 is 1.28 bits per heavy atom. The maximum Gasteiger partial charge on any atom is 0.226 e. The van der Waals surface area contributed by atoms with Crippen LogP contribution in [0.2, 0.25) is 0 Å². The van der Waals surface area contributed by atoms with Crippen molar-refractivity contribution in [1.29, 1.82) is 0 Å². The number of nitrogens with zero attached hydrogens (tertiary/aromatic N) is 2. The fourth-order valence-electron chi connectivity index (χ4n) is 1.39. The number of anilines is 1. The van der Waals surface area contributed by atoms with E-state index >= 15 is 0 Å². The Kier molecular flexibility index (Phi) is 3.66. The first-order valence-electron chi connectivity index (χ1n) is 5.24. The molecule has 2 aromatic rings. The molecule has 0 spiro atoms. The van der Waals surface area contributed by atoms with E-state index in [1.807, 2.05) is 0 Å². The molecule has 6 heteroatoms. The van der Waals surface area contributed by atoms with E-state index < -0.39 is 11.6 Å². The molecule has 2 rings (SSSR count). The largest absolute Gasteiger partial charge is 0.481 e. The van der Waals surface area contributed by atoms with Gasteiger partial charge in [0.25, 0.3) is 0 Å². The molecule has 0 saturated carbocycles. The van der Waals surface area contributed by atoms with Gasteiger partial charge in [0.15, 0.2) is 0 Å².